The molecule has 3 atom stereocenters. The highest BCUT2D eigenvalue weighted by molar-refractivity contribution is 5.36. The molecule has 0 radical (unpaired) electrons. The zero-order chi connectivity index (χ0) is 17.0. The molecule has 0 aliphatic carbocycles. The first-order valence-corrected chi connectivity index (χ1v) is 8.75. The summed E-state index contributed by atoms with van der Waals surface area (Å²) in [4.78, 5) is 1.39. The summed E-state index contributed by atoms with van der Waals surface area (Å²) in [7, 11) is 0. The van der Waals surface area contributed by atoms with E-state index in [2.05, 4.69) is 46.8 Å². The minimum Gasteiger partial charge on any atom is -0.491 e. The van der Waals surface area contributed by atoms with E-state index in [0.717, 1.165) is 18.8 Å². The molecule has 23 heavy (non-hydrogen) atoms. The van der Waals surface area contributed by atoms with Gasteiger partial charge in [-0.2, -0.15) is 0 Å². The zero-order valence-corrected chi connectivity index (χ0v) is 15.1. The number of aliphatic hydroxyl groups excluding tert-OH is 1. The number of quaternary nitrogens is 1. The molecule has 1 aromatic rings. The highest BCUT2D eigenvalue weighted by atomic mass is 16.5. The number of aliphatic hydroxyl groups is 1. The number of aryl methyl sites for hydroxylation is 1. The summed E-state index contributed by atoms with van der Waals surface area (Å²) < 4.78 is 11.5. The second-order valence-corrected chi connectivity index (χ2v) is 7.26. The number of benzene rings is 1. The van der Waals surface area contributed by atoms with Crippen LogP contribution in [-0.4, -0.2) is 49.7 Å². The van der Waals surface area contributed by atoms with Crippen LogP contribution in [0.2, 0.25) is 0 Å². The summed E-state index contributed by atoms with van der Waals surface area (Å²) in [6.45, 7) is 13.6. The molecule has 0 amide bonds. The lowest BCUT2D eigenvalue weighted by atomic mass is 9.98. The normalized spacial score (nSPS) is 26.3. The van der Waals surface area contributed by atoms with E-state index in [-0.39, 0.29) is 12.2 Å². The number of rotatable bonds is 6. The van der Waals surface area contributed by atoms with Crippen molar-refractivity contribution < 1.29 is 19.5 Å². The van der Waals surface area contributed by atoms with Crippen molar-refractivity contribution >= 4 is 0 Å². The topological polar surface area (TPSA) is 43.1 Å². The van der Waals surface area contributed by atoms with Crippen LogP contribution in [0.15, 0.2) is 18.2 Å². The molecule has 0 aromatic heterocycles. The van der Waals surface area contributed by atoms with Gasteiger partial charge >= 0.3 is 0 Å². The van der Waals surface area contributed by atoms with Crippen LogP contribution in [0.3, 0.4) is 0 Å². The van der Waals surface area contributed by atoms with Gasteiger partial charge in [0.2, 0.25) is 0 Å². The Balaban J connectivity index is 1.82. The molecule has 1 aliphatic heterocycles. The Hall–Kier alpha value is -1.10. The Labute approximate surface area is 140 Å². The summed E-state index contributed by atoms with van der Waals surface area (Å²) in [6, 6.07) is 6.19. The van der Waals surface area contributed by atoms with Gasteiger partial charge in [-0.3, -0.25) is 0 Å². The second kappa shape index (κ2) is 8.13. The van der Waals surface area contributed by atoms with E-state index in [1.54, 1.807) is 0 Å². The van der Waals surface area contributed by atoms with Gasteiger partial charge in [0.1, 0.15) is 50.3 Å². The van der Waals surface area contributed by atoms with Crippen LogP contribution in [0.1, 0.15) is 44.7 Å². The van der Waals surface area contributed by atoms with E-state index in [4.69, 9.17) is 9.47 Å². The SMILES string of the molecule is Cc1cc(OC[C@H](O)C[NH+]2C[C@@H](C)O[C@H](C)C2)ccc1C(C)C. The molecule has 0 bridgehead atoms. The highest BCUT2D eigenvalue weighted by Crippen LogP contribution is 2.23. The van der Waals surface area contributed by atoms with Crippen molar-refractivity contribution in [1.82, 2.24) is 0 Å². The maximum Gasteiger partial charge on any atom is 0.137 e. The third-order valence-corrected chi connectivity index (χ3v) is 4.45. The standard InChI is InChI=1S/C19H31NO3/c1-13(2)19-7-6-18(8-14(19)3)22-12-17(21)11-20-9-15(4)23-16(5)10-20/h6-8,13,15-17,21H,9-12H2,1-5H3/p+1/t15-,16-,17-/m1/s1. The minimum atomic E-state index is -0.451. The lowest BCUT2D eigenvalue weighted by Crippen LogP contribution is -3.16. The van der Waals surface area contributed by atoms with Crippen molar-refractivity contribution in [2.75, 3.05) is 26.2 Å². The number of nitrogens with one attached hydrogen (secondary N) is 1. The summed E-state index contributed by atoms with van der Waals surface area (Å²) in [5.41, 5.74) is 2.59. The first-order valence-electron chi connectivity index (χ1n) is 8.75. The first-order chi connectivity index (χ1) is 10.8. The summed E-state index contributed by atoms with van der Waals surface area (Å²) in [5, 5.41) is 10.3. The molecular formula is C19H32NO3+. The Morgan fingerprint density at radius 2 is 1.91 bits per heavy atom. The Kier molecular flexibility index (Phi) is 6.45. The molecule has 2 rings (SSSR count). The van der Waals surface area contributed by atoms with E-state index >= 15 is 0 Å². The van der Waals surface area contributed by atoms with Crippen LogP contribution in [0.4, 0.5) is 0 Å². The van der Waals surface area contributed by atoms with E-state index < -0.39 is 6.10 Å². The predicted octanol–water partition coefficient (Wildman–Crippen LogP) is 1.55. The van der Waals surface area contributed by atoms with E-state index in [1.807, 2.05) is 6.07 Å². The van der Waals surface area contributed by atoms with Gasteiger partial charge in [-0.15, -0.1) is 0 Å². The van der Waals surface area contributed by atoms with Crippen molar-refractivity contribution in [3.63, 3.8) is 0 Å². The first kappa shape index (κ1) is 18.2. The van der Waals surface area contributed by atoms with Gasteiger partial charge in [0.15, 0.2) is 0 Å². The Bertz CT molecular complexity index is 493. The third-order valence-electron chi connectivity index (χ3n) is 4.45. The minimum absolute atomic E-state index is 0.257. The Morgan fingerprint density at radius 1 is 1.26 bits per heavy atom. The van der Waals surface area contributed by atoms with Gasteiger partial charge in [0, 0.05) is 0 Å². The molecule has 0 unspecified atom stereocenters. The van der Waals surface area contributed by atoms with Gasteiger partial charge in [-0.05, 0) is 49.9 Å². The van der Waals surface area contributed by atoms with Gasteiger partial charge in [0.05, 0.1) is 0 Å². The van der Waals surface area contributed by atoms with Crippen LogP contribution in [-0.2, 0) is 4.74 Å². The lowest BCUT2D eigenvalue weighted by Gasteiger charge is -2.33. The maximum atomic E-state index is 10.3. The molecule has 130 valence electrons. The molecule has 1 aliphatic rings. The summed E-state index contributed by atoms with van der Waals surface area (Å²) in [6.07, 6.45) is 0.0637. The van der Waals surface area contributed by atoms with E-state index in [9.17, 15) is 5.11 Å². The average molecular weight is 322 g/mol. The fourth-order valence-corrected chi connectivity index (χ4v) is 3.53. The van der Waals surface area contributed by atoms with E-state index in [1.165, 1.54) is 16.0 Å². The smallest absolute Gasteiger partial charge is 0.137 e. The third kappa shape index (κ3) is 5.48. The molecule has 4 nitrogen and oxygen atoms in total. The van der Waals surface area contributed by atoms with Crippen LogP contribution < -0.4 is 9.64 Å². The Morgan fingerprint density at radius 3 is 2.48 bits per heavy atom. The van der Waals surface area contributed by atoms with Gasteiger partial charge in [-0.25, -0.2) is 0 Å². The van der Waals surface area contributed by atoms with Gasteiger partial charge in [-0.1, -0.05) is 19.9 Å². The van der Waals surface area contributed by atoms with E-state index in [0.29, 0.717) is 19.1 Å². The second-order valence-electron chi connectivity index (χ2n) is 7.26. The molecule has 1 saturated heterocycles. The predicted molar refractivity (Wildman–Crippen MR) is 92.3 cm³/mol. The maximum absolute atomic E-state index is 10.3. The quantitative estimate of drug-likeness (QED) is 0.835. The number of morpholine rings is 1. The van der Waals surface area contributed by atoms with Crippen LogP contribution in [0, 0.1) is 6.92 Å². The monoisotopic (exact) mass is 322 g/mol. The number of ether oxygens (including phenoxy) is 2. The largest absolute Gasteiger partial charge is 0.491 e. The van der Waals surface area contributed by atoms with Crippen molar-refractivity contribution in [3.05, 3.63) is 29.3 Å². The molecule has 1 fully saturated rings. The van der Waals surface area contributed by atoms with Crippen LogP contribution in [0.5, 0.6) is 5.75 Å². The molecule has 4 heteroatoms. The van der Waals surface area contributed by atoms with Gasteiger partial charge < -0.3 is 19.5 Å². The van der Waals surface area contributed by atoms with Crippen molar-refractivity contribution in [3.8, 4) is 5.75 Å². The van der Waals surface area contributed by atoms with Crippen molar-refractivity contribution in [2.24, 2.45) is 0 Å². The molecule has 0 spiro atoms. The fraction of sp³-hybridized carbons (Fsp3) is 0.684. The van der Waals surface area contributed by atoms with Crippen LogP contribution >= 0.6 is 0 Å². The molecule has 1 aromatic carbocycles. The summed E-state index contributed by atoms with van der Waals surface area (Å²) >= 11 is 0. The van der Waals surface area contributed by atoms with Crippen LogP contribution in [0.25, 0.3) is 0 Å². The van der Waals surface area contributed by atoms with Gasteiger partial charge in [0.25, 0.3) is 0 Å². The molecule has 0 saturated carbocycles. The highest BCUT2D eigenvalue weighted by Gasteiger charge is 2.27. The molecule has 2 N–H and O–H groups in total. The van der Waals surface area contributed by atoms with Crippen molar-refractivity contribution in [2.45, 2.75) is 58.8 Å². The fourth-order valence-electron chi connectivity index (χ4n) is 3.53. The number of hydrogen-bond acceptors (Lipinski definition) is 3. The number of hydrogen-bond donors (Lipinski definition) is 2. The summed E-state index contributed by atoms with van der Waals surface area (Å²) in [5.74, 6) is 1.35. The average Bonchev–Trinajstić information content (AvgIpc) is 2.43. The zero-order valence-electron chi connectivity index (χ0n) is 15.1. The molecule has 1 heterocycles. The van der Waals surface area contributed by atoms with Crippen molar-refractivity contribution in [1.29, 1.82) is 0 Å². The lowest BCUT2D eigenvalue weighted by molar-refractivity contribution is -0.918. The molecular weight excluding hydrogens is 290 g/mol.